The van der Waals surface area contributed by atoms with Crippen LogP contribution in [0.2, 0.25) is 0 Å². The van der Waals surface area contributed by atoms with E-state index >= 15 is 0 Å². The lowest BCUT2D eigenvalue weighted by Crippen LogP contribution is -2.48. The van der Waals surface area contributed by atoms with Crippen LogP contribution in [0.25, 0.3) is 0 Å². The van der Waals surface area contributed by atoms with Crippen LogP contribution in [0.3, 0.4) is 0 Å². The van der Waals surface area contributed by atoms with E-state index < -0.39 is 6.04 Å². The first-order valence-corrected chi connectivity index (χ1v) is 12.5. The Hall–Kier alpha value is -2.99. The molecule has 2 amide bonds. The SMILES string of the molecule is Cc1cc(C)cc(N(C(=O)Cc2cccs2)[C@@H](C(=O)NC2CCCCC2)c2ccccn2)c1. The summed E-state index contributed by atoms with van der Waals surface area (Å²) in [6, 6.07) is 14.8. The van der Waals surface area contributed by atoms with E-state index in [1.807, 2.05) is 61.7 Å². The van der Waals surface area contributed by atoms with Crippen molar-refractivity contribution in [2.45, 2.75) is 64.5 Å². The van der Waals surface area contributed by atoms with E-state index in [1.54, 1.807) is 22.4 Å². The molecule has 1 atom stereocenters. The number of aryl methyl sites for hydroxylation is 2. The van der Waals surface area contributed by atoms with Gasteiger partial charge >= 0.3 is 0 Å². The number of amides is 2. The molecule has 0 spiro atoms. The number of benzene rings is 1. The van der Waals surface area contributed by atoms with Gasteiger partial charge in [-0.25, -0.2) is 0 Å². The number of nitrogens with zero attached hydrogens (tertiary/aromatic N) is 2. The van der Waals surface area contributed by atoms with Crippen molar-refractivity contribution in [1.29, 1.82) is 0 Å². The number of hydrogen-bond donors (Lipinski definition) is 1. The molecule has 0 aliphatic heterocycles. The third-order valence-corrected chi connectivity index (χ3v) is 6.96. The normalized spacial score (nSPS) is 15.1. The van der Waals surface area contributed by atoms with Gasteiger partial charge in [0, 0.05) is 22.8 Å². The van der Waals surface area contributed by atoms with Gasteiger partial charge in [-0.05, 0) is 73.5 Å². The summed E-state index contributed by atoms with van der Waals surface area (Å²) < 4.78 is 0. The van der Waals surface area contributed by atoms with Crippen LogP contribution in [-0.2, 0) is 16.0 Å². The summed E-state index contributed by atoms with van der Waals surface area (Å²) in [5.74, 6) is -0.281. The number of carbonyl (C=O) groups excluding carboxylic acids is 2. The molecule has 0 bridgehead atoms. The van der Waals surface area contributed by atoms with Crippen molar-refractivity contribution in [3.05, 3.63) is 81.8 Å². The van der Waals surface area contributed by atoms with E-state index in [0.29, 0.717) is 5.69 Å². The Morgan fingerprint density at radius 3 is 2.45 bits per heavy atom. The van der Waals surface area contributed by atoms with Crippen LogP contribution in [0.4, 0.5) is 5.69 Å². The summed E-state index contributed by atoms with van der Waals surface area (Å²) in [5, 5.41) is 5.21. The lowest BCUT2D eigenvalue weighted by molar-refractivity contribution is -0.127. The molecule has 3 aromatic rings. The predicted molar refractivity (Wildman–Crippen MR) is 133 cm³/mol. The van der Waals surface area contributed by atoms with Crippen molar-refractivity contribution in [3.63, 3.8) is 0 Å². The molecule has 172 valence electrons. The Labute approximate surface area is 199 Å². The second-order valence-electron chi connectivity index (χ2n) is 8.87. The maximum absolute atomic E-state index is 13.8. The number of thiophene rings is 1. The van der Waals surface area contributed by atoms with Gasteiger partial charge in [-0.1, -0.05) is 37.5 Å². The fourth-order valence-electron chi connectivity index (χ4n) is 4.62. The van der Waals surface area contributed by atoms with E-state index in [4.69, 9.17) is 0 Å². The molecule has 1 N–H and O–H groups in total. The summed E-state index contributed by atoms with van der Waals surface area (Å²) in [4.78, 5) is 34.7. The average molecular weight is 462 g/mol. The first-order valence-electron chi connectivity index (χ1n) is 11.7. The number of rotatable bonds is 7. The van der Waals surface area contributed by atoms with E-state index in [2.05, 4.69) is 16.4 Å². The summed E-state index contributed by atoms with van der Waals surface area (Å²) in [6.45, 7) is 4.02. The molecule has 6 heteroatoms. The van der Waals surface area contributed by atoms with Crippen LogP contribution >= 0.6 is 11.3 Å². The minimum atomic E-state index is -0.832. The topological polar surface area (TPSA) is 62.3 Å². The van der Waals surface area contributed by atoms with Gasteiger partial charge in [-0.2, -0.15) is 0 Å². The van der Waals surface area contributed by atoms with Crippen molar-refractivity contribution in [1.82, 2.24) is 10.3 Å². The van der Waals surface area contributed by atoms with Gasteiger partial charge < -0.3 is 5.32 Å². The zero-order chi connectivity index (χ0) is 23.2. The third-order valence-electron chi connectivity index (χ3n) is 6.08. The molecule has 1 aliphatic carbocycles. The monoisotopic (exact) mass is 461 g/mol. The molecule has 0 saturated heterocycles. The Morgan fingerprint density at radius 2 is 1.82 bits per heavy atom. The van der Waals surface area contributed by atoms with E-state index in [-0.39, 0.29) is 24.3 Å². The zero-order valence-corrected chi connectivity index (χ0v) is 20.1. The molecule has 2 aromatic heterocycles. The largest absolute Gasteiger partial charge is 0.351 e. The maximum Gasteiger partial charge on any atom is 0.249 e. The molecular formula is C27H31N3O2S. The van der Waals surface area contributed by atoms with Crippen LogP contribution in [0.5, 0.6) is 0 Å². The summed E-state index contributed by atoms with van der Waals surface area (Å²) in [6.07, 6.45) is 7.34. The highest BCUT2D eigenvalue weighted by Gasteiger charge is 2.35. The fourth-order valence-corrected chi connectivity index (χ4v) is 5.32. The van der Waals surface area contributed by atoms with Crippen molar-refractivity contribution in [2.75, 3.05) is 4.90 Å². The van der Waals surface area contributed by atoms with Crippen LogP contribution in [0, 0.1) is 13.8 Å². The number of carbonyl (C=O) groups is 2. The summed E-state index contributed by atoms with van der Waals surface area (Å²) >= 11 is 1.55. The molecule has 1 fully saturated rings. The van der Waals surface area contributed by atoms with Crippen molar-refractivity contribution in [2.24, 2.45) is 0 Å². The molecule has 0 unspecified atom stereocenters. The van der Waals surface area contributed by atoms with E-state index in [0.717, 1.165) is 47.4 Å². The van der Waals surface area contributed by atoms with Gasteiger partial charge in [0.25, 0.3) is 0 Å². The highest BCUT2D eigenvalue weighted by molar-refractivity contribution is 7.10. The maximum atomic E-state index is 13.8. The average Bonchev–Trinajstić information content (AvgIpc) is 3.30. The molecule has 33 heavy (non-hydrogen) atoms. The predicted octanol–water partition coefficient (Wildman–Crippen LogP) is 5.53. The molecule has 4 rings (SSSR count). The molecule has 0 radical (unpaired) electrons. The van der Waals surface area contributed by atoms with Gasteiger partial charge in [0.15, 0.2) is 6.04 Å². The third kappa shape index (κ3) is 5.88. The van der Waals surface area contributed by atoms with Crippen LogP contribution in [-0.4, -0.2) is 22.8 Å². The van der Waals surface area contributed by atoms with Crippen molar-refractivity contribution in [3.8, 4) is 0 Å². The van der Waals surface area contributed by atoms with Crippen molar-refractivity contribution < 1.29 is 9.59 Å². The van der Waals surface area contributed by atoms with Crippen LogP contribution < -0.4 is 10.2 Å². The molecular weight excluding hydrogens is 430 g/mol. The van der Waals surface area contributed by atoms with E-state index in [9.17, 15) is 9.59 Å². The number of nitrogens with one attached hydrogen (secondary N) is 1. The standard InChI is InChI=1S/C27H31N3O2S/c1-19-15-20(2)17-22(16-19)30(25(31)18-23-11-8-14-33-23)26(24-12-6-7-13-28-24)27(32)29-21-9-4-3-5-10-21/h6-8,11-17,21,26H,3-5,9-10,18H2,1-2H3,(H,29,32)/t26-/m1/s1. The fraction of sp³-hybridized carbons (Fsp3) is 0.370. The minimum absolute atomic E-state index is 0.114. The molecule has 2 heterocycles. The van der Waals surface area contributed by atoms with Gasteiger partial charge in [-0.3, -0.25) is 19.5 Å². The second kappa shape index (κ2) is 10.8. The minimum Gasteiger partial charge on any atom is -0.351 e. The molecule has 1 aromatic carbocycles. The summed E-state index contributed by atoms with van der Waals surface area (Å²) in [7, 11) is 0. The van der Waals surface area contributed by atoms with E-state index in [1.165, 1.54) is 6.42 Å². The first-order chi connectivity index (χ1) is 16.0. The number of pyridine rings is 1. The number of anilines is 1. The van der Waals surface area contributed by atoms with Gasteiger partial charge in [-0.15, -0.1) is 11.3 Å². The Balaban J connectivity index is 1.75. The Kier molecular flexibility index (Phi) is 7.55. The highest BCUT2D eigenvalue weighted by atomic mass is 32.1. The van der Waals surface area contributed by atoms with Gasteiger partial charge in [0.1, 0.15) is 0 Å². The lowest BCUT2D eigenvalue weighted by Gasteiger charge is -2.33. The number of hydrogen-bond acceptors (Lipinski definition) is 4. The number of aromatic nitrogens is 1. The van der Waals surface area contributed by atoms with Gasteiger partial charge in [0.05, 0.1) is 12.1 Å². The highest BCUT2D eigenvalue weighted by Crippen LogP contribution is 2.30. The zero-order valence-electron chi connectivity index (χ0n) is 19.3. The van der Waals surface area contributed by atoms with Crippen LogP contribution in [0.15, 0.2) is 60.1 Å². The smallest absolute Gasteiger partial charge is 0.249 e. The van der Waals surface area contributed by atoms with Crippen molar-refractivity contribution >= 4 is 28.8 Å². The molecule has 1 aliphatic rings. The Bertz CT molecular complexity index is 1060. The quantitative estimate of drug-likeness (QED) is 0.503. The summed E-state index contributed by atoms with van der Waals surface area (Å²) in [5.41, 5.74) is 3.39. The molecule has 5 nitrogen and oxygen atoms in total. The van der Waals surface area contributed by atoms with Crippen LogP contribution in [0.1, 0.15) is 59.8 Å². The van der Waals surface area contributed by atoms with Gasteiger partial charge in [0.2, 0.25) is 11.8 Å². The second-order valence-corrected chi connectivity index (χ2v) is 9.90. The lowest BCUT2D eigenvalue weighted by atomic mass is 9.95. The Morgan fingerprint density at radius 1 is 1.06 bits per heavy atom. The molecule has 1 saturated carbocycles. The first kappa shape index (κ1) is 23.2.